The van der Waals surface area contributed by atoms with Crippen LogP contribution in [0.5, 0.6) is 0 Å². The van der Waals surface area contributed by atoms with Crippen LogP contribution in [-0.2, 0) is 0 Å². The Balaban J connectivity index is 2.00. The predicted molar refractivity (Wildman–Crippen MR) is 66.1 cm³/mol. The standard InChI is InChI=1S/C13H24N2/c1-3-4-5-6-7-8-12-15-13-10-9-11-14(15)2/h9-11,13H,3-8,12H2,1-2H3. The fraction of sp³-hybridized carbons (Fsp3) is 0.692. The molecule has 0 bridgehead atoms. The zero-order valence-corrected chi connectivity index (χ0v) is 10.2. The second-order valence-corrected chi connectivity index (χ2v) is 4.19. The Hall–Kier alpha value is -0.920. The molecular weight excluding hydrogens is 184 g/mol. The molecule has 0 aromatic carbocycles. The van der Waals surface area contributed by atoms with Gasteiger partial charge in [0.15, 0.2) is 0 Å². The average molecular weight is 208 g/mol. The lowest BCUT2D eigenvalue weighted by atomic mass is 10.1. The van der Waals surface area contributed by atoms with E-state index in [0.29, 0.717) is 0 Å². The Labute approximate surface area is 94.2 Å². The number of unbranched alkanes of at least 4 members (excludes halogenated alkanes) is 5. The van der Waals surface area contributed by atoms with Crippen molar-refractivity contribution in [2.45, 2.75) is 45.4 Å². The number of hydrogen-bond donors (Lipinski definition) is 0. The van der Waals surface area contributed by atoms with Crippen molar-refractivity contribution in [2.75, 3.05) is 13.6 Å². The molecule has 1 aliphatic rings. The van der Waals surface area contributed by atoms with E-state index < -0.39 is 0 Å². The van der Waals surface area contributed by atoms with E-state index >= 15 is 0 Å². The number of allylic oxidation sites excluding steroid dienone is 2. The fourth-order valence-electron chi connectivity index (χ4n) is 1.80. The van der Waals surface area contributed by atoms with Crippen molar-refractivity contribution in [1.29, 1.82) is 0 Å². The van der Waals surface area contributed by atoms with Gasteiger partial charge in [-0.3, -0.25) is 10.0 Å². The van der Waals surface area contributed by atoms with Crippen molar-refractivity contribution in [2.24, 2.45) is 0 Å². The monoisotopic (exact) mass is 208 g/mol. The molecule has 0 atom stereocenters. The van der Waals surface area contributed by atoms with Crippen molar-refractivity contribution in [3.05, 3.63) is 24.6 Å². The second kappa shape index (κ2) is 7.38. The molecule has 0 fully saturated rings. The Bertz CT molecular complexity index is 209. The Kier molecular flexibility index (Phi) is 5.98. The molecule has 0 spiro atoms. The van der Waals surface area contributed by atoms with Crippen LogP contribution in [0.1, 0.15) is 45.4 Å². The van der Waals surface area contributed by atoms with E-state index in [4.69, 9.17) is 0 Å². The van der Waals surface area contributed by atoms with Crippen LogP contribution in [-0.4, -0.2) is 23.6 Å². The summed E-state index contributed by atoms with van der Waals surface area (Å²) in [5, 5.41) is 4.41. The highest BCUT2D eigenvalue weighted by Crippen LogP contribution is 2.09. The molecule has 1 heterocycles. The minimum Gasteiger partial charge on any atom is -0.296 e. The summed E-state index contributed by atoms with van der Waals surface area (Å²) < 4.78 is 0. The minimum absolute atomic E-state index is 1.14. The van der Waals surface area contributed by atoms with Gasteiger partial charge in [0.2, 0.25) is 0 Å². The van der Waals surface area contributed by atoms with E-state index in [9.17, 15) is 0 Å². The van der Waals surface area contributed by atoms with E-state index in [1.807, 2.05) is 0 Å². The van der Waals surface area contributed by atoms with Gasteiger partial charge in [0.05, 0.1) is 0 Å². The summed E-state index contributed by atoms with van der Waals surface area (Å²) in [5.41, 5.74) is 0. The van der Waals surface area contributed by atoms with E-state index in [1.165, 1.54) is 38.5 Å². The lowest BCUT2D eigenvalue weighted by Gasteiger charge is -2.31. The summed E-state index contributed by atoms with van der Waals surface area (Å²) in [6.45, 7) is 3.41. The van der Waals surface area contributed by atoms with E-state index in [2.05, 4.69) is 48.5 Å². The van der Waals surface area contributed by atoms with E-state index in [0.717, 1.165) is 6.54 Å². The topological polar surface area (TPSA) is 6.48 Å². The number of nitrogens with zero attached hydrogens (tertiary/aromatic N) is 2. The first-order valence-corrected chi connectivity index (χ1v) is 6.19. The fourth-order valence-corrected chi connectivity index (χ4v) is 1.80. The first-order chi connectivity index (χ1) is 7.34. The van der Waals surface area contributed by atoms with Crippen LogP contribution in [0.3, 0.4) is 0 Å². The predicted octanol–water partition coefficient (Wildman–Crippen LogP) is 3.54. The maximum Gasteiger partial charge on any atom is 0.0389 e. The molecule has 15 heavy (non-hydrogen) atoms. The SMILES string of the molecule is CCCCCCCCN1C=CC=CN1C. The highest BCUT2D eigenvalue weighted by Gasteiger charge is 2.03. The van der Waals surface area contributed by atoms with Gasteiger partial charge in [-0.15, -0.1) is 0 Å². The summed E-state index contributed by atoms with van der Waals surface area (Å²) in [6, 6.07) is 0. The van der Waals surface area contributed by atoms with Gasteiger partial charge in [0.25, 0.3) is 0 Å². The van der Waals surface area contributed by atoms with Crippen molar-refractivity contribution < 1.29 is 0 Å². The lowest BCUT2D eigenvalue weighted by Crippen LogP contribution is -2.33. The van der Waals surface area contributed by atoms with Crippen LogP contribution >= 0.6 is 0 Å². The van der Waals surface area contributed by atoms with E-state index in [-0.39, 0.29) is 0 Å². The molecule has 0 radical (unpaired) electrons. The number of hydrazine groups is 1. The lowest BCUT2D eigenvalue weighted by molar-refractivity contribution is 0.102. The third-order valence-corrected chi connectivity index (χ3v) is 2.82. The maximum atomic E-state index is 2.26. The van der Waals surface area contributed by atoms with Gasteiger partial charge in [0, 0.05) is 26.0 Å². The number of hydrogen-bond acceptors (Lipinski definition) is 2. The zero-order chi connectivity index (χ0) is 10.9. The van der Waals surface area contributed by atoms with Gasteiger partial charge in [-0.1, -0.05) is 39.0 Å². The van der Waals surface area contributed by atoms with Crippen molar-refractivity contribution >= 4 is 0 Å². The molecule has 1 aliphatic heterocycles. The highest BCUT2D eigenvalue weighted by atomic mass is 15.6. The number of rotatable bonds is 7. The van der Waals surface area contributed by atoms with E-state index in [1.54, 1.807) is 0 Å². The molecule has 0 unspecified atom stereocenters. The minimum atomic E-state index is 1.14. The molecule has 0 N–H and O–H groups in total. The highest BCUT2D eigenvalue weighted by molar-refractivity contribution is 5.05. The van der Waals surface area contributed by atoms with Crippen LogP contribution in [0, 0.1) is 0 Å². The Morgan fingerprint density at radius 2 is 1.53 bits per heavy atom. The van der Waals surface area contributed by atoms with Crippen molar-refractivity contribution in [1.82, 2.24) is 10.0 Å². The molecular formula is C13H24N2. The normalized spacial score (nSPS) is 15.1. The summed E-state index contributed by atoms with van der Waals surface area (Å²) in [5.74, 6) is 0. The van der Waals surface area contributed by atoms with Crippen molar-refractivity contribution in [3.63, 3.8) is 0 Å². The molecule has 0 aromatic rings. The smallest absolute Gasteiger partial charge is 0.0389 e. The largest absolute Gasteiger partial charge is 0.296 e. The molecule has 86 valence electrons. The van der Waals surface area contributed by atoms with Crippen LogP contribution in [0.4, 0.5) is 0 Å². The first-order valence-electron chi connectivity index (χ1n) is 6.19. The first kappa shape index (κ1) is 12.2. The van der Waals surface area contributed by atoms with Gasteiger partial charge in [-0.05, 0) is 18.6 Å². The van der Waals surface area contributed by atoms with Crippen LogP contribution in [0.2, 0.25) is 0 Å². The van der Waals surface area contributed by atoms with Gasteiger partial charge in [-0.25, -0.2) is 0 Å². The maximum absolute atomic E-state index is 2.26. The molecule has 0 saturated carbocycles. The zero-order valence-electron chi connectivity index (χ0n) is 10.2. The summed E-state index contributed by atoms with van der Waals surface area (Å²) in [7, 11) is 2.09. The quantitative estimate of drug-likeness (QED) is 0.590. The average Bonchev–Trinajstić information content (AvgIpc) is 2.25. The van der Waals surface area contributed by atoms with Crippen LogP contribution in [0.25, 0.3) is 0 Å². The summed E-state index contributed by atoms with van der Waals surface area (Å²) in [6.07, 6.45) is 16.6. The molecule has 2 nitrogen and oxygen atoms in total. The molecule has 1 rings (SSSR count). The molecule has 0 amide bonds. The van der Waals surface area contributed by atoms with Gasteiger partial charge in [-0.2, -0.15) is 0 Å². The third-order valence-electron chi connectivity index (χ3n) is 2.82. The Morgan fingerprint density at radius 3 is 2.27 bits per heavy atom. The second-order valence-electron chi connectivity index (χ2n) is 4.19. The third kappa shape index (κ3) is 4.91. The summed E-state index contributed by atoms with van der Waals surface area (Å²) in [4.78, 5) is 0. The van der Waals surface area contributed by atoms with Gasteiger partial charge >= 0.3 is 0 Å². The molecule has 0 aliphatic carbocycles. The van der Waals surface area contributed by atoms with Gasteiger partial charge < -0.3 is 0 Å². The molecule has 0 aromatic heterocycles. The Morgan fingerprint density at radius 1 is 0.867 bits per heavy atom. The summed E-state index contributed by atoms with van der Waals surface area (Å²) >= 11 is 0. The van der Waals surface area contributed by atoms with Crippen LogP contribution in [0.15, 0.2) is 24.6 Å². The van der Waals surface area contributed by atoms with Crippen molar-refractivity contribution in [3.8, 4) is 0 Å². The molecule has 2 heteroatoms. The van der Waals surface area contributed by atoms with Gasteiger partial charge in [0.1, 0.15) is 0 Å². The molecule has 0 saturated heterocycles. The van der Waals surface area contributed by atoms with Crippen LogP contribution < -0.4 is 0 Å².